The smallest absolute Gasteiger partial charge is 0.311 e. The van der Waals surface area contributed by atoms with Gasteiger partial charge in [-0.3, -0.25) is 24.0 Å². The van der Waals surface area contributed by atoms with Gasteiger partial charge in [0.2, 0.25) is 0 Å². The minimum atomic E-state index is -1.03. The summed E-state index contributed by atoms with van der Waals surface area (Å²) in [5.74, 6) is -3.61. The number of carbonyl (C=O) groups is 5. The molecule has 0 aromatic heterocycles. The molecule has 1 aromatic carbocycles. The lowest BCUT2D eigenvalue weighted by atomic mass is 9.87. The van der Waals surface area contributed by atoms with Crippen molar-refractivity contribution in [2.75, 3.05) is 7.11 Å². The third kappa shape index (κ3) is 26.6. The topological polar surface area (TPSA) is 190 Å². The molecule has 0 saturated carbocycles. The zero-order chi connectivity index (χ0) is 50.6. The van der Waals surface area contributed by atoms with E-state index in [9.17, 15) is 34.2 Å². The number of unbranched alkanes of at least 4 members (excludes halogenated alkanes) is 1. The van der Waals surface area contributed by atoms with Gasteiger partial charge in [0.25, 0.3) is 0 Å². The fraction of sp³-hybridized carbons (Fsp3) is 0.679. The van der Waals surface area contributed by atoms with Crippen LogP contribution in [-0.4, -0.2) is 96.0 Å². The van der Waals surface area contributed by atoms with Crippen molar-refractivity contribution in [3.8, 4) is 5.75 Å². The van der Waals surface area contributed by atoms with E-state index in [0.717, 1.165) is 29.6 Å². The van der Waals surface area contributed by atoms with Crippen LogP contribution in [0.15, 0.2) is 60.7 Å². The summed E-state index contributed by atoms with van der Waals surface area (Å²) >= 11 is 0. The van der Waals surface area contributed by atoms with Gasteiger partial charge < -0.3 is 43.4 Å². The number of esters is 5. The first-order valence-corrected chi connectivity index (χ1v) is 24.0. The molecule has 14 nitrogen and oxygen atoms in total. The predicted molar refractivity (Wildman–Crippen MR) is 258 cm³/mol. The van der Waals surface area contributed by atoms with E-state index < -0.39 is 84.4 Å². The number of aliphatic hydroxyl groups excluding tert-OH is 2. The Morgan fingerprint density at radius 1 is 0.701 bits per heavy atom. The zero-order valence-electron chi connectivity index (χ0n) is 42.4. The number of methoxy groups -OCH3 is 1. The average molecular weight is 945 g/mol. The molecule has 14 heteroatoms. The first kappa shape index (κ1) is 60.5. The summed E-state index contributed by atoms with van der Waals surface area (Å²) in [6.45, 7) is 24.3. The Bertz CT molecular complexity index is 1690. The molecule has 0 unspecified atom stereocenters. The van der Waals surface area contributed by atoms with Gasteiger partial charge in [-0.1, -0.05) is 56.5 Å². The molecule has 1 aromatic rings. The van der Waals surface area contributed by atoms with E-state index in [1.54, 1.807) is 33.1 Å². The molecule has 0 aliphatic heterocycles. The van der Waals surface area contributed by atoms with Gasteiger partial charge in [-0.15, -0.1) is 13.2 Å². The molecule has 11 atom stereocenters. The molecule has 2 N–H and O–H groups in total. The number of hydrogen-bond donors (Lipinski definition) is 2. The molecular weight excluding hydrogens is 861 g/mol. The zero-order valence-corrected chi connectivity index (χ0v) is 42.4. The molecule has 0 spiro atoms. The number of benzene rings is 1. The molecule has 0 heterocycles. The van der Waals surface area contributed by atoms with E-state index >= 15 is 0 Å². The van der Waals surface area contributed by atoms with Crippen LogP contribution in [0.2, 0.25) is 0 Å². The largest absolute Gasteiger partial charge is 0.497 e. The second-order valence-electron chi connectivity index (χ2n) is 18.3. The second-order valence-corrected chi connectivity index (χ2v) is 18.3. The molecule has 0 saturated heterocycles. The number of allylic oxidation sites excluding steroid dienone is 2. The van der Waals surface area contributed by atoms with Gasteiger partial charge in [-0.05, 0) is 108 Å². The highest BCUT2D eigenvalue weighted by Crippen LogP contribution is 2.30. The Hall–Kier alpha value is -4.53. The molecule has 380 valence electrons. The number of aliphatic hydroxyl groups is 2. The van der Waals surface area contributed by atoms with Crippen LogP contribution in [0.5, 0.6) is 5.75 Å². The third-order valence-corrected chi connectivity index (χ3v) is 11.7. The SMILES string of the molecule is C=CCCC[C@@H](O)C[C@H](O)[C@H](C)[C@@H](/C=C(\C)C[C@@H](CCC)OC(C)=O)OC(=O)[C@@H](C)[C@@H](OCc1ccc(OC)cc1)[C@H](C)CC[C@@H](C[C@H](C[C@H](CCC(=C)C)OC(C)=O)OC(C)=O)OC(C)=O. The van der Waals surface area contributed by atoms with Crippen molar-refractivity contribution in [2.45, 2.75) is 208 Å². The minimum Gasteiger partial charge on any atom is -0.497 e. The molecule has 0 bridgehead atoms. The van der Waals surface area contributed by atoms with Crippen LogP contribution in [0.25, 0.3) is 0 Å². The Labute approximate surface area is 401 Å². The van der Waals surface area contributed by atoms with Gasteiger partial charge in [-0.2, -0.15) is 0 Å². The van der Waals surface area contributed by atoms with Gasteiger partial charge in [-0.25, -0.2) is 0 Å². The van der Waals surface area contributed by atoms with Gasteiger partial charge >= 0.3 is 29.8 Å². The maximum atomic E-state index is 14.5. The summed E-state index contributed by atoms with van der Waals surface area (Å²) in [5.41, 5.74) is 2.55. The summed E-state index contributed by atoms with van der Waals surface area (Å²) in [7, 11) is 1.58. The first-order valence-electron chi connectivity index (χ1n) is 24.0. The first-order chi connectivity index (χ1) is 31.6. The van der Waals surface area contributed by atoms with Crippen molar-refractivity contribution in [3.63, 3.8) is 0 Å². The quantitative estimate of drug-likeness (QED) is 0.0283. The third-order valence-electron chi connectivity index (χ3n) is 11.7. The average Bonchev–Trinajstić information content (AvgIpc) is 3.23. The van der Waals surface area contributed by atoms with Gasteiger partial charge in [0.05, 0.1) is 37.9 Å². The van der Waals surface area contributed by atoms with E-state index in [2.05, 4.69) is 13.2 Å². The van der Waals surface area contributed by atoms with E-state index in [1.165, 1.54) is 27.7 Å². The van der Waals surface area contributed by atoms with Crippen LogP contribution in [0.3, 0.4) is 0 Å². The Morgan fingerprint density at radius 3 is 1.78 bits per heavy atom. The van der Waals surface area contributed by atoms with Crippen molar-refractivity contribution >= 4 is 29.8 Å². The fourth-order valence-corrected chi connectivity index (χ4v) is 8.13. The lowest BCUT2D eigenvalue weighted by molar-refractivity contribution is -0.163. The Morgan fingerprint density at radius 2 is 1.25 bits per heavy atom. The van der Waals surface area contributed by atoms with Crippen molar-refractivity contribution < 1.29 is 67.3 Å². The molecule has 0 amide bonds. The van der Waals surface area contributed by atoms with Crippen LogP contribution >= 0.6 is 0 Å². The van der Waals surface area contributed by atoms with Gasteiger partial charge in [0, 0.05) is 52.9 Å². The highest BCUT2D eigenvalue weighted by molar-refractivity contribution is 5.73. The van der Waals surface area contributed by atoms with Crippen molar-refractivity contribution in [1.29, 1.82) is 0 Å². The summed E-state index contributed by atoms with van der Waals surface area (Å²) in [5, 5.41) is 22.2. The maximum absolute atomic E-state index is 14.5. The monoisotopic (exact) mass is 945 g/mol. The summed E-state index contributed by atoms with van der Waals surface area (Å²) in [6.07, 6.45) is 3.70. The molecule has 0 fully saturated rings. The molecule has 67 heavy (non-hydrogen) atoms. The summed E-state index contributed by atoms with van der Waals surface area (Å²) in [6, 6.07) is 7.37. The minimum absolute atomic E-state index is 0.0755. The normalized spacial score (nSPS) is 16.6. The highest BCUT2D eigenvalue weighted by Gasteiger charge is 2.36. The fourth-order valence-electron chi connectivity index (χ4n) is 8.13. The highest BCUT2D eigenvalue weighted by atomic mass is 16.6. The molecule has 0 aliphatic rings. The van der Waals surface area contributed by atoms with Crippen molar-refractivity contribution in [3.05, 3.63) is 66.3 Å². The predicted octanol–water partition coefficient (Wildman–Crippen LogP) is 9.65. The molecule has 0 aliphatic carbocycles. The summed E-state index contributed by atoms with van der Waals surface area (Å²) < 4.78 is 40.9. The van der Waals surface area contributed by atoms with Crippen molar-refractivity contribution in [1.82, 2.24) is 0 Å². The Kier molecular flexibility index (Phi) is 29.8. The van der Waals surface area contributed by atoms with E-state index in [1.807, 2.05) is 52.0 Å². The van der Waals surface area contributed by atoms with Crippen LogP contribution in [0.4, 0.5) is 0 Å². The second kappa shape index (κ2) is 33.0. The molecule has 1 rings (SSSR count). The standard InChI is InChI=1S/C53H84O14/c1-14-16-17-19-44(58)30-50(59)37(7)51(29-35(5)28-46(18-15-2)63-39(9)54)67-53(60)38(8)52(62-33-43-22-26-45(61-13)27-23-43)36(6)21-25-48(65-41(11)56)32-49(66-42(12)57)31-47(64-40(10)55)24-20-34(3)4/h14,22-23,26-27,29,36-38,44,46-52,58-59H,1,3,15-21,24-25,28,30-33H2,2,4-13H3/b35-29+/t36-,37+,38+,44-,46-,47+,48+,49+,50+,51-,52+/m1/s1. The Balaban J connectivity index is 3.59. The van der Waals surface area contributed by atoms with E-state index in [-0.39, 0.29) is 37.9 Å². The maximum Gasteiger partial charge on any atom is 0.311 e. The number of hydrogen-bond acceptors (Lipinski definition) is 14. The summed E-state index contributed by atoms with van der Waals surface area (Å²) in [4.78, 5) is 63.1. The van der Waals surface area contributed by atoms with E-state index in [0.29, 0.717) is 57.1 Å². The van der Waals surface area contributed by atoms with Crippen LogP contribution < -0.4 is 4.74 Å². The number of carbonyl (C=O) groups excluding carboxylic acids is 5. The number of rotatable bonds is 35. The van der Waals surface area contributed by atoms with E-state index in [4.69, 9.17) is 33.2 Å². The number of ether oxygens (including phenoxy) is 7. The lowest BCUT2D eigenvalue weighted by Gasteiger charge is -2.33. The molecular formula is C53H84O14. The van der Waals surface area contributed by atoms with Gasteiger partial charge in [0.1, 0.15) is 36.3 Å². The van der Waals surface area contributed by atoms with Gasteiger partial charge in [0.15, 0.2) is 0 Å². The lowest BCUT2D eigenvalue weighted by Crippen LogP contribution is -2.40. The van der Waals surface area contributed by atoms with Crippen LogP contribution in [-0.2, 0) is 59.0 Å². The molecule has 0 radical (unpaired) electrons. The van der Waals surface area contributed by atoms with Crippen LogP contribution in [0.1, 0.15) is 158 Å². The van der Waals surface area contributed by atoms with Crippen molar-refractivity contribution in [2.24, 2.45) is 17.8 Å². The van der Waals surface area contributed by atoms with Crippen LogP contribution in [0, 0.1) is 17.8 Å².